The normalized spacial score (nSPS) is 29.0. The highest BCUT2D eigenvalue weighted by Crippen LogP contribution is 2.34. The molecule has 1 fully saturated rings. The second-order valence-electron chi connectivity index (χ2n) is 3.36. The average Bonchev–Trinajstić information content (AvgIpc) is 2.63. The Balaban J connectivity index is 2.18. The molecule has 1 atom stereocenters. The van der Waals surface area contributed by atoms with Gasteiger partial charge in [-0.2, -0.15) is 0 Å². The van der Waals surface area contributed by atoms with E-state index >= 15 is 0 Å². The van der Waals surface area contributed by atoms with E-state index in [1.165, 1.54) is 5.57 Å². The highest BCUT2D eigenvalue weighted by molar-refractivity contribution is 5.50. The predicted octanol–water partition coefficient (Wildman–Crippen LogP) is 2.47. The second kappa shape index (κ2) is 2.49. The number of furan rings is 1. The maximum Gasteiger partial charge on any atom is 0.126 e. The molecule has 1 saturated heterocycles. The van der Waals surface area contributed by atoms with Gasteiger partial charge >= 0.3 is 0 Å². The number of rotatable bonds is 2. The molecule has 0 bridgehead atoms. The minimum absolute atomic E-state index is 0.0210. The van der Waals surface area contributed by atoms with Crippen molar-refractivity contribution in [2.75, 3.05) is 6.61 Å². The first-order valence-corrected chi connectivity index (χ1v) is 4.07. The zero-order valence-electron chi connectivity index (χ0n) is 7.33. The van der Waals surface area contributed by atoms with Crippen molar-refractivity contribution in [3.05, 3.63) is 29.7 Å². The molecule has 0 radical (unpaired) electrons. The first-order valence-electron chi connectivity index (χ1n) is 4.07. The molecule has 0 spiro atoms. The van der Waals surface area contributed by atoms with Crippen LogP contribution in [0.15, 0.2) is 28.4 Å². The van der Waals surface area contributed by atoms with E-state index in [1.54, 1.807) is 6.26 Å². The van der Waals surface area contributed by atoms with Gasteiger partial charge in [-0.15, -0.1) is 0 Å². The number of epoxide rings is 1. The summed E-state index contributed by atoms with van der Waals surface area (Å²) in [5.74, 6) is 0.893. The molecule has 1 aliphatic rings. The van der Waals surface area contributed by atoms with E-state index in [4.69, 9.17) is 9.15 Å². The van der Waals surface area contributed by atoms with Gasteiger partial charge in [0.1, 0.15) is 11.4 Å². The Bertz CT molecular complexity index is 292. The summed E-state index contributed by atoms with van der Waals surface area (Å²) in [4.78, 5) is 0. The van der Waals surface area contributed by atoms with E-state index in [0.717, 1.165) is 12.4 Å². The third kappa shape index (κ3) is 1.30. The van der Waals surface area contributed by atoms with Crippen LogP contribution in [0.1, 0.15) is 19.6 Å². The van der Waals surface area contributed by atoms with Gasteiger partial charge in [0, 0.05) is 0 Å². The van der Waals surface area contributed by atoms with Crippen LogP contribution in [0, 0.1) is 0 Å². The minimum Gasteiger partial charge on any atom is -0.465 e. The Kier molecular flexibility index (Phi) is 1.58. The van der Waals surface area contributed by atoms with Crippen LogP contribution in [0.3, 0.4) is 0 Å². The van der Waals surface area contributed by atoms with Gasteiger partial charge in [-0.1, -0.05) is 0 Å². The van der Waals surface area contributed by atoms with Gasteiger partial charge in [-0.05, 0) is 37.6 Å². The first kappa shape index (κ1) is 7.62. The summed E-state index contributed by atoms with van der Waals surface area (Å²) in [7, 11) is 0. The van der Waals surface area contributed by atoms with Crippen molar-refractivity contribution in [2.24, 2.45) is 0 Å². The Morgan fingerprint density at radius 3 is 2.92 bits per heavy atom. The largest absolute Gasteiger partial charge is 0.465 e. The topological polar surface area (TPSA) is 25.7 Å². The standard InChI is InChI=1S/C10H12O2/c1-8(10(2)7-12-10)6-9-4-3-5-11-9/h3-6H,7H2,1-2H3/b8-6-. The molecular formula is C10H12O2. The lowest BCUT2D eigenvalue weighted by atomic mass is 10.0. The number of ether oxygens (including phenoxy) is 1. The van der Waals surface area contributed by atoms with Crippen molar-refractivity contribution in [1.29, 1.82) is 0 Å². The lowest BCUT2D eigenvalue weighted by Gasteiger charge is -2.02. The van der Waals surface area contributed by atoms with Crippen LogP contribution < -0.4 is 0 Å². The van der Waals surface area contributed by atoms with Gasteiger partial charge in [-0.25, -0.2) is 0 Å². The molecule has 0 aliphatic carbocycles. The van der Waals surface area contributed by atoms with Crippen LogP contribution in [0.25, 0.3) is 6.08 Å². The molecule has 0 N–H and O–H groups in total. The first-order chi connectivity index (χ1) is 5.71. The van der Waals surface area contributed by atoms with Crippen LogP contribution in [0.2, 0.25) is 0 Å². The predicted molar refractivity (Wildman–Crippen MR) is 46.7 cm³/mol. The Morgan fingerprint density at radius 2 is 2.42 bits per heavy atom. The van der Waals surface area contributed by atoms with Crippen molar-refractivity contribution < 1.29 is 9.15 Å². The van der Waals surface area contributed by atoms with Crippen LogP contribution in [-0.4, -0.2) is 12.2 Å². The van der Waals surface area contributed by atoms with Crippen molar-refractivity contribution in [2.45, 2.75) is 19.4 Å². The van der Waals surface area contributed by atoms with E-state index in [1.807, 2.05) is 18.2 Å². The number of hydrogen-bond acceptors (Lipinski definition) is 2. The summed E-state index contributed by atoms with van der Waals surface area (Å²) in [6, 6.07) is 3.82. The third-order valence-corrected chi connectivity index (χ3v) is 2.31. The Morgan fingerprint density at radius 1 is 1.67 bits per heavy atom. The molecule has 0 saturated carbocycles. The summed E-state index contributed by atoms with van der Waals surface area (Å²) >= 11 is 0. The fourth-order valence-electron chi connectivity index (χ4n) is 1.08. The molecule has 1 unspecified atom stereocenters. The molecule has 2 heterocycles. The highest BCUT2D eigenvalue weighted by Gasteiger charge is 2.40. The molecule has 1 aromatic rings. The summed E-state index contributed by atoms with van der Waals surface area (Å²) in [6.07, 6.45) is 3.70. The molecule has 2 heteroatoms. The molecule has 0 amide bonds. The fourth-order valence-corrected chi connectivity index (χ4v) is 1.08. The zero-order valence-corrected chi connectivity index (χ0v) is 7.33. The highest BCUT2D eigenvalue weighted by atomic mass is 16.6. The lowest BCUT2D eigenvalue weighted by molar-refractivity contribution is 0.358. The minimum atomic E-state index is -0.0210. The summed E-state index contributed by atoms with van der Waals surface area (Å²) in [6.45, 7) is 4.98. The van der Waals surface area contributed by atoms with Gasteiger partial charge in [-0.3, -0.25) is 0 Å². The summed E-state index contributed by atoms with van der Waals surface area (Å²) in [5, 5.41) is 0. The zero-order chi connectivity index (χ0) is 8.60. The van der Waals surface area contributed by atoms with Crippen molar-refractivity contribution in [1.82, 2.24) is 0 Å². The monoisotopic (exact) mass is 164 g/mol. The van der Waals surface area contributed by atoms with E-state index in [2.05, 4.69) is 13.8 Å². The van der Waals surface area contributed by atoms with Gasteiger partial charge in [0.25, 0.3) is 0 Å². The molecule has 2 rings (SSSR count). The molecule has 1 aliphatic heterocycles. The van der Waals surface area contributed by atoms with E-state index in [0.29, 0.717) is 0 Å². The summed E-state index contributed by atoms with van der Waals surface area (Å²) < 4.78 is 10.5. The third-order valence-electron chi connectivity index (χ3n) is 2.31. The van der Waals surface area contributed by atoms with E-state index < -0.39 is 0 Å². The second-order valence-corrected chi connectivity index (χ2v) is 3.36. The lowest BCUT2D eigenvalue weighted by Crippen LogP contribution is -2.04. The van der Waals surface area contributed by atoms with Gasteiger partial charge in [0.2, 0.25) is 0 Å². The molecule has 0 aromatic carbocycles. The van der Waals surface area contributed by atoms with Gasteiger partial charge < -0.3 is 9.15 Å². The maximum atomic E-state index is 5.30. The van der Waals surface area contributed by atoms with Crippen LogP contribution in [0.5, 0.6) is 0 Å². The molecular weight excluding hydrogens is 152 g/mol. The fraction of sp³-hybridized carbons (Fsp3) is 0.400. The Hall–Kier alpha value is -1.02. The van der Waals surface area contributed by atoms with Crippen LogP contribution >= 0.6 is 0 Å². The van der Waals surface area contributed by atoms with Gasteiger partial charge in [0.15, 0.2) is 0 Å². The van der Waals surface area contributed by atoms with Crippen molar-refractivity contribution in [3.63, 3.8) is 0 Å². The van der Waals surface area contributed by atoms with E-state index in [9.17, 15) is 0 Å². The number of hydrogen-bond donors (Lipinski definition) is 0. The Labute approximate surface area is 71.8 Å². The SMILES string of the molecule is C/C(=C/c1ccco1)C1(C)CO1. The maximum absolute atomic E-state index is 5.30. The van der Waals surface area contributed by atoms with Gasteiger partial charge in [0.05, 0.1) is 12.9 Å². The average molecular weight is 164 g/mol. The smallest absolute Gasteiger partial charge is 0.126 e. The van der Waals surface area contributed by atoms with Crippen molar-refractivity contribution >= 4 is 6.08 Å². The van der Waals surface area contributed by atoms with Crippen LogP contribution in [-0.2, 0) is 4.74 Å². The summed E-state index contributed by atoms with van der Waals surface area (Å²) in [5.41, 5.74) is 1.20. The van der Waals surface area contributed by atoms with Crippen molar-refractivity contribution in [3.8, 4) is 0 Å². The molecule has 1 aromatic heterocycles. The quantitative estimate of drug-likeness (QED) is 0.627. The molecule has 64 valence electrons. The molecule has 12 heavy (non-hydrogen) atoms. The molecule has 2 nitrogen and oxygen atoms in total. The van der Waals surface area contributed by atoms with E-state index in [-0.39, 0.29) is 5.60 Å². The van der Waals surface area contributed by atoms with Crippen LogP contribution in [0.4, 0.5) is 0 Å².